The lowest BCUT2D eigenvalue weighted by Gasteiger charge is -2.21. The standard InChI is InChI=1S/C43H55ClN8O11S2/c1-51(2)12-13-61-36-17-29-30(22-49-31(29)18-35(36)60-3)40(56)52-23-25(20-44)39-28-9-5-4-8-27(28)34(19-33(39)52)63-43(59)62-14-15-64-65-24-32(41(57)58)48-21-26(16-38(54)55)50-37(53)10-6-7-11-47-42(45)46/h4-5,8-9,17-19,22,25-26,32,48-49H,6-7,10-16,20-21,23-24H2,1-3H3,(H,50,53)(H,54,55)(H,57,58)(H4,45,46,47). The maximum absolute atomic E-state index is 14.5. The lowest BCUT2D eigenvalue weighted by molar-refractivity contribution is -0.138. The molecule has 2 heterocycles. The Morgan fingerprint density at radius 1 is 1.02 bits per heavy atom. The summed E-state index contributed by atoms with van der Waals surface area (Å²) in [6, 6.07) is 10.7. The number of carboxylic acid groups (broad SMARTS) is 2. The van der Waals surface area contributed by atoms with Gasteiger partial charge in [0.15, 0.2) is 17.5 Å². The molecule has 0 aliphatic carbocycles. The molecule has 9 N–H and O–H groups in total. The molecule has 0 bridgehead atoms. The van der Waals surface area contributed by atoms with Gasteiger partial charge in [-0.2, -0.15) is 0 Å². The zero-order valence-corrected chi connectivity index (χ0v) is 38.7. The van der Waals surface area contributed by atoms with Crippen molar-refractivity contribution in [2.24, 2.45) is 16.5 Å². The number of rotatable bonds is 26. The van der Waals surface area contributed by atoms with Crippen molar-refractivity contribution in [1.82, 2.24) is 20.5 Å². The third-order valence-corrected chi connectivity index (χ3v) is 13.0. The van der Waals surface area contributed by atoms with Crippen molar-refractivity contribution in [3.63, 3.8) is 0 Å². The first kappa shape index (κ1) is 50.4. The molecule has 2 amide bonds. The summed E-state index contributed by atoms with van der Waals surface area (Å²) in [6.07, 6.45) is 1.43. The van der Waals surface area contributed by atoms with E-state index in [4.69, 9.17) is 42.0 Å². The van der Waals surface area contributed by atoms with Crippen LogP contribution in [0.4, 0.5) is 10.5 Å². The maximum atomic E-state index is 14.5. The fourth-order valence-corrected chi connectivity index (χ4v) is 9.39. The number of nitrogens with two attached hydrogens (primary N) is 2. The number of benzene rings is 3. The Morgan fingerprint density at radius 3 is 2.48 bits per heavy atom. The topological polar surface area (TPSA) is 273 Å². The van der Waals surface area contributed by atoms with Crippen molar-refractivity contribution < 1.29 is 53.1 Å². The first-order valence-corrected chi connectivity index (χ1v) is 23.7. The van der Waals surface area contributed by atoms with Gasteiger partial charge in [0.1, 0.15) is 25.0 Å². The van der Waals surface area contributed by atoms with Crippen LogP contribution in [-0.4, -0.2) is 146 Å². The van der Waals surface area contributed by atoms with E-state index in [9.17, 15) is 34.2 Å². The van der Waals surface area contributed by atoms with Crippen molar-refractivity contribution in [2.75, 3.05) is 82.9 Å². The summed E-state index contributed by atoms with van der Waals surface area (Å²) < 4.78 is 22.8. The first-order valence-electron chi connectivity index (χ1n) is 20.7. The molecular weight excluding hydrogens is 904 g/mol. The minimum absolute atomic E-state index is 0.0469. The van der Waals surface area contributed by atoms with Gasteiger partial charge < -0.3 is 66.0 Å². The number of nitrogens with one attached hydrogen (secondary N) is 3. The number of anilines is 1. The smallest absolute Gasteiger partial charge is 0.493 e. The number of aromatic nitrogens is 1. The number of fused-ring (bicyclic) bond motifs is 4. The second-order valence-corrected chi connectivity index (χ2v) is 18.2. The molecule has 3 aromatic carbocycles. The molecule has 3 atom stereocenters. The van der Waals surface area contributed by atoms with E-state index in [0.29, 0.717) is 78.1 Å². The number of aliphatic imine (C=N–C) groups is 1. The van der Waals surface area contributed by atoms with E-state index in [1.165, 1.54) is 21.6 Å². The number of hydrogen-bond acceptors (Lipinski definition) is 14. The number of amides is 2. The quantitative estimate of drug-likeness (QED) is 0.00862. The number of carbonyl (C=O) groups excluding carboxylic acids is 3. The first-order chi connectivity index (χ1) is 31.2. The number of aliphatic carboxylic acids is 2. The van der Waals surface area contributed by atoms with Crippen LogP contribution in [0.15, 0.2) is 53.7 Å². The summed E-state index contributed by atoms with van der Waals surface area (Å²) in [5.41, 5.74) is 13.1. The van der Waals surface area contributed by atoms with Crippen molar-refractivity contribution in [3.05, 3.63) is 59.8 Å². The van der Waals surface area contributed by atoms with Crippen LogP contribution in [0.2, 0.25) is 0 Å². The van der Waals surface area contributed by atoms with Crippen LogP contribution < -0.4 is 41.2 Å². The number of hydrogen-bond donors (Lipinski definition) is 7. The molecule has 1 aliphatic rings. The van der Waals surface area contributed by atoms with E-state index in [0.717, 1.165) is 10.9 Å². The molecule has 0 spiro atoms. The Labute approximate surface area is 388 Å². The van der Waals surface area contributed by atoms with Crippen LogP contribution in [0, 0.1) is 0 Å². The predicted molar refractivity (Wildman–Crippen MR) is 253 cm³/mol. The maximum Gasteiger partial charge on any atom is 0.513 e. The third kappa shape index (κ3) is 14.2. The molecule has 3 unspecified atom stereocenters. The number of unbranched alkanes of at least 4 members (excludes halogenated alkanes) is 1. The van der Waals surface area contributed by atoms with Gasteiger partial charge in [0.2, 0.25) is 5.91 Å². The summed E-state index contributed by atoms with van der Waals surface area (Å²) >= 11 is 6.53. The number of carbonyl (C=O) groups is 5. The van der Waals surface area contributed by atoms with Gasteiger partial charge in [-0.05, 0) is 44.0 Å². The van der Waals surface area contributed by atoms with Crippen LogP contribution in [0.3, 0.4) is 0 Å². The largest absolute Gasteiger partial charge is 0.513 e. The molecule has 4 aromatic rings. The molecular formula is C43H55ClN8O11S2. The van der Waals surface area contributed by atoms with Crippen LogP contribution >= 0.6 is 33.2 Å². The summed E-state index contributed by atoms with van der Waals surface area (Å²) in [5, 5.41) is 26.7. The summed E-state index contributed by atoms with van der Waals surface area (Å²) in [7, 11) is 7.93. The Kier molecular flexibility index (Phi) is 19.1. The summed E-state index contributed by atoms with van der Waals surface area (Å²) in [4.78, 5) is 74.1. The number of methoxy groups -OCH3 is 1. The van der Waals surface area contributed by atoms with Crippen LogP contribution in [0.1, 0.15) is 47.5 Å². The van der Waals surface area contributed by atoms with Gasteiger partial charge in [0, 0.05) is 85.0 Å². The Balaban J connectivity index is 1.18. The molecule has 22 heteroatoms. The number of nitrogens with zero attached hydrogens (tertiary/aromatic N) is 3. The van der Waals surface area contributed by atoms with E-state index < -0.39 is 36.6 Å². The van der Waals surface area contributed by atoms with Gasteiger partial charge in [-0.1, -0.05) is 45.9 Å². The second-order valence-electron chi connectivity index (χ2n) is 15.3. The average Bonchev–Trinajstić information content (AvgIpc) is 3.85. The van der Waals surface area contributed by atoms with Gasteiger partial charge in [0.05, 0.1) is 36.3 Å². The minimum Gasteiger partial charge on any atom is -0.493 e. The highest BCUT2D eigenvalue weighted by Crippen LogP contribution is 2.46. The zero-order valence-electron chi connectivity index (χ0n) is 36.3. The van der Waals surface area contributed by atoms with E-state index in [-0.39, 0.29) is 66.4 Å². The molecule has 1 aliphatic heterocycles. The predicted octanol–water partition coefficient (Wildman–Crippen LogP) is 4.60. The number of H-pyrrole nitrogens is 1. The highest BCUT2D eigenvalue weighted by Gasteiger charge is 2.36. The lowest BCUT2D eigenvalue weighted by atomic mass is 9.95. The van der Waals surface area contributed by atoms with E-state index >= 15 is 0 Å². The molecule has 0 fully saturated rings. The molecule has 65 heavy (non-hydrogen) atoms. The van der Waals surface area contributed by atoms with Gasteiger partial charge in [-0.15, -0.1) is 11.6 Å². The molecule has 0 saturated heterocycles. The Morgan fingerprint density at radius 2 is 1.78 bits per heavy atom. The molecule has 19 nitrogen and oxygen atoms in total. The second kappa shape index (κ2) is 24.6. The normalized spacial score (nSPS) is 14.2. The van der Waals surface area contributed by atoms with Crippen molar-refractivity contribution in [1.29, 1.82) is 0 Å². The molecule has 1 aromatic heterocycles. The molecule has 0 saturated carbocycles. The summed E-state index contributed by atoms with van der Waals surface area (Å²) in [6.45, 7) is 1.59. The Hall–Kier alpha value is -5.61. The molecule has 5 rings (SSSR count). The van der Waals surface area contributed by atoms with Gasteiger partial charge in [0.25, 0.3) is 5.91 Å². The van der Waals surface area contributed by atoms with Gasteiger partial charge >= 0.3 is 18.1 Å². The third-order valence-electron chi connectivity index (χ3n) is 10.3. The average molecular weight is 960 g/mol. The number of halogens is 1. The monoisotopic (exact) mass is 958 g/mol. The van der Waals surface area contributed by atoms with E-state index in [1.54, 1.807) is 36.4 Å². The van der Waals surface area contributed by atoms with Crippen LogP contribution in [0.5, 0.6) is 17.2 Å². The van der Waals surface area contributed by atoms with E-state index in [2.05, 4.69) is 20.6 Å². The lowest BCUT2D eigenvalue weighted by Crippen LogP contribution is -2.48. The van der Waals surface area contributed by atoms with Crippen molar-refractivity contribution in [3.8, 4) is 17.2 Å². The number of carboxylic acids is 2. The fraction of sp³-hybridized carbons (Fsp3) is 0.442. The number of guanidine groups is 1. The number of likely N-dealkylation sites (N-methyl/N-ethyl adjacent to an activating group) is 1. The van der Waals surface area contributed by atoms with Gasteiger partial charge in [-0.25, -0.2) is 4.79 Å². The van der Waals surface area contributed by atoms with Crippen LogP contribution in [-0.2, 0) is 19.1 Å². The van der Waals surface area contributed by atoms with Crippen LogP contribution in [0.25, 0.3) is 21.7 Å². The fourth-order valence-electron chi connectivity index (χ4n) is 7.12. The zero-order chi connectivity index (χ0) is 47.0. The number of ether oxygens (including phenoxy) is 4. The number of aromatic amines is 1. The summed E-state index contributed by atoms with van der Waals surface area (Å²) in [5.74, 6) is -1.40. The molecule has 352 valence electrons. The van der Waals surface area contributed by atoms with Crippen molar-refractivity contribution >= 4 is 96.4 Å². The molecule has 0 radical (unpaired) electrons. The minimum atomic E-state index is -1.16. The highest BCUT2D eigenvalue weighted by atomic mass is 35.5. The Bertz CT molecular complexity index is 2350. The highest BCUT2D eigenvalue weighted by molar-refractivity contribution is 8.76. The SMILES string of the molecule is COc1cc2[nH]cc(C(=O)N3CC(CCl)c4c3cc(OC(=O)OCCSSCC(NCC(CC(=O)O)NC(=O)CCCCN=C(N)N)C(=O)O)c3ccccc43)c2cc1OCCN(C)C. The van der Waals surface area contributed by atoms with Gasteiger partial charge in [-0.3, -0.25) is 24.2 Å². The van der Waals surface area contributed by atoms with E-state index in [1.807, 2.05) is 43.3 Å². The number of alkyl halides is 1. The van der Waals surface area contributed by atoms with Crippen molar-refractivity contribution in [2.45, 2.75) is 43.7 Å².